The monoisotopic (exact) mass is 385 g/mol. The Morgan fingerprint density at radius 2 is 1.69 bits per heavy atom. The second-order valence-electron chi connectivity index (χ2n) is 8.25. The third kappa shape index (κ3) is 3.39. The Kier molecular flexibility index (Phi) is 4.75. The van der Waals surface area contributed by atoms with Crippen molar-refractivity contribution in [3.63, 3.8) is 0 Å². The Balaban J connectivity index is 1.37. The van der Waals surface area contributed by atoms with E-state index >= 15 is 0 Å². The number of amides is 1. The van der Waals surface area contributed by atoms with Crippen molar-refractivity contribution in [2.45, 2.75) is 58.0 Å². The summed E-state index contributed by atoms with van der Waals surface area (Å²) >= 11 is 0. The minimum Gasteiger partial charge on any atom is -0.481 e. The molecule has 0 saturated heterocycles. The molecule has 0 saturated carbocycles. The van der Waals surface area contributed by atoms with Crippen LogP contribution in [0.2, 0.25) is 0 Å². The van der Waals surface area contributed by atoms with Crippen LogP contribution in [-0.4, -0.2) is 12.0 Å². The van der Waals surface area contributed by atoms with Gasteiger partial charge in [0, 0.05) is 11.1 Å². The summed E-state index contributed by atoms with van der Waals surface area (Å²) in [6, 6.07) is 16.9. The van der Waals surface area contributed by atoms with Crippen molar-refractivity contribution in [1.82, 2.24) is 0 Å². The number of benzene rings is 3. The lowest BCUT2D eigenvalue weighted by Gasteiger charge is -2.21. The molecule has 3 aromatic carbocycles. The van der Waals surface area contributed by atoms with Gasteiger partial charge in [0.25, 0.3) is 5.91 Å². The molecule has 0 unspecified atom stereocenters. The molecule has 0 fully saturated rings. The molecule has 5 rings (SSSR count). The van der Waals surface area contributed by atoms with Gasteiger partial charge in [-0.25, -0.2) is 0 Å². The predicted octanol–water partition coefficient (Wildman–Crippen LogP) is 5.61. The molecule has 1 atom stereocenters. The number of ether oxygens (including phenoxy) is 1. The largest absolute Gasteiger partial charge is 0.481 e. The predicted molar refractivity (Wildman–Crippen MR) is 118 cm³/mol. The van der Waals surface area contributed by atoms with Gasteiger partial charge in [0.1, 0.15) is 5.75 Å². The smallest absolute Gasteiger partial charge is 0.265 e. The number of fused-ring (bicyclic) bond motifs is 1. The molecule has 0 spiro atoms. The summed E-state index contributed by atoms with van der Waals surface area (Å²) in [5, 5.41) is 5.58. The lowest BCUT2D eigenvalue weighted by atomic mass is 9.92. The second kappa shape index (κ2) is 7.55. The van der Waals surface area contributed by atoms with E-state index in [0.29, 0.717) is 6.42 Å². The first-order valence-corrected chi connectivity index (χ1v) is 10.9. The highest BCUT2D eigenvalue weighted by atomic mass is 16.5. The highest BCUT2D eigenvalue weighted by molar-refractivity contribution is 6.06. The standard InChI is InChI=1S/C26H27NO2/c1-2-24(29-21-14-12-17-6-3-4-7-20(17)16-21)26(28)27-23-15-13-19-11-10-18-8-5-9-22(23)25(18)19/h5,8-9,12-16,24H,2-4,6-7,10-11H2,1H3,(H,27,28)/t24-/m1/s1. The maximum Gasteiger partial charge on any atom is 0.265 e. The highest BCUT2D eigenvalue weighted by Crippen LogP contribution is 2.35. The minimum atomic E-state index is -0.500. The Morgan fingerprint density at radius 1 is 0.931 bits per heavy atom. The topological polar surface area (TPSA) is 38.3 Å². The molecular formula is C26H27NO2. The van der Waals surface area contributed by atoms with Gasteiger partial charge in [0.2, 0.25) is 0 Å². The van der Waals surface area contributed by atoms with E-state index in [1.807, 2.05) is 19.1 Å². The lowest BCUT2D eigenvalue weighted by Crippen LogP contribution is -2.32. The number of anilines is 1. The summed E-state index contributed by atoms with van der Waals surface area (Å²) in [7, 11) is 0. The molecule has 3 heteroatoms. The van der Waals surface area contributed by atoms with Gasteiger partial charge in [-0.1, -0.05) is 37.3 Å². The molecule has 2 aliphatic rings. The summed E-state index contributed by atoms with van der Waals surface area (Å²) < 4.78 is 6.12. The van der Waals surface area contributed by atoms with Crippen LogP contribution in [0.1, 0.15) is 48.4 Å². The van der Waals surface area contributed by atoms with Crippen molar-refractivity contribution in [1.29, 1.82) is 0 Å². The fourth-order valence-electron chi connectivity index (χ4n) is 4.84. The molecular weight excluding hydrogens is 358 g/mol. The summed E-state index contributed by atoms with van der Waals surface area (Å²) in [4.78, 5) is 13.0. The first-order chi connectivity index (χ1) is 14.2. The summed E-state index contributed by atoms with van der Waals surface area (Å²) in [6.07, 6.45) is 7.06. The fourth-order valence-corrected chi connectivity index (χ4v) is 4.84. The molecule has 1 amide bonds. The zero-order valence-electron chi connectivity index (χ0n) is 17.0. The average molecular weight is 386 g/mol. The van der Waals surface area contributed by atoms with Gasteiger partial charge >= 0.3 is 0 Å². The van der Waals surface area contributed by atoms with E-state index in [2.05, 4.69) is 41.7 Å². The van der Waals surface area contributed by atoms with Crippen LogP contribution in [0.15, 0.2) is 48.5 Å². The maximum absolute atomic E-state index is 13.0. The molecule has 2 aliphatic carbocycles. The van der Waals surface area contributed by atoms with Gasteiger partial charge in [-0.15, -0.1) is 0 Å². The van der Waals surface area contributed by atoms with Crippen LogP contribution in [0.4, 0.5) is 5.69 Å². The molecule has 0 radical (unpaired) electrons. The van der Waals surface area contributed by atoms with Crippen LogP contribution in [0, 0.1) is 0 Å². The van der Waals surface area contributed by atoms with Crippen LogP contribution in [0.5, 0.6) is 5.75 Å². The lowest BCUT2D eigenvalue weighted by molar-refractivity contribution is -0.122. The Bertz CT molecular complexity index is 1080. The van der Waals surface area contributed by atoms with Crippen LogP contribution in [-0.2, 0) is 30.5 Å². The third-order valence-corrected chi connectivity index (χ3v) is 6.40. The quantitative estimate of drug-likeness (QED) is 0.620. The van der Waals surface area contributed by atoms with Gasteiger partial charge in [0.05, 0.1) is 0 Å². The van der Waals surface area contributed by atoms with E-state index in [1.165, 1.54) is 40.5 Å². The van der Waals surface area contributed by atoms with Crippen molar-refractivity contribution in [3.05, 3.63) is 70.8 Å². The van der Waals surface area contributed by atoms with E-state index < -0.39 is 6.10 Å². The SMILES string of the molecule is CC[C@@H](Oc1ccc2c(c1)CCCC2)C(=O)Nc1ccc2c3c(cccc13)CC2. The van der Waals surface area contributed by atoms with Crippen molar-refractivity contribution in [2.24, 2.45) is 0 Å². The first kappa shape index (κ1) is 18.2. The molecule has 3 aromatic rings. The van der Waals surface area contributed by atoms with Crippen LogP contribution < -0.4 is 10.1 Å². The number of nitrogens with one attached hydrogen (secondary N) is 1. The molecule has 0 aromatic heterocycles. The van der Waals surface area contributed by atoms with Crippen LogP contribution >= 0.6 is 0 Å². The van der Waals surface area contributed by atoms with E-state index in [-0.39, 0.29) is 5.91 Å². The van der Waals surface area contributed by atoms with Crippen molar-refractivity contribution in [2.75, 3.05) is 5.32 Å². The van der Waals surface area contributed by atoms with Crippen LogP contribution in [0.3, 0.4) is 0 Å². The molecule has 148 valence electrons. The Labute approximate surface area is 172 Å². The fraction of sp³-hybridized carbons (Fsp3) is 0.346. The van der Waals surface area contributed by atoms with E-state index in [9.17, 15) is 4.79 Å². The van der Waals surface area contributed by atoms with Gasteiger partial charge in [-0.05, 0) is 90.8 Å². The zero-order chi connectivity index (χ0) is 19.8. The minimum absolute atomic E-state index is 0.0797. The number of rotatable bonds is 5. The number of hydrogen-bond acceptors (Lipinski definition) is 2. The Morgan fingerprint density at radius 3 is 2.52 bits per heavy atom. The van der Waals surface area contributed by atoms with Crippen molar-refractivity contribution >= 4 is 22.4 Å². The van der Waals surface area contributed by atoms with Crippen molar-refractivity contribution in [3.8, 4) is 5.75 Å². The third-order valence-electron chi connectivity index (χ3n) is 6.40. The van der Waals surface area contributed by atoms with E-state index in [1.54, 1.807) is 0 Å². The summed E-state index contributed by atoms with van der Waals surface area (Å²) in [5.74, 6) is 0.719. The number of carbonyl (C=O) groups is 1. The highest BCUT2D eigenvalue weighted by Gasteiger charge is 2.22. The Hall–Kier alpha value is -2.81. The van der Waals surface area contributed by atoms with Gasteiger partial charge < -0.3 is 10.1 Å². The summed E-state index contributed by atoms with van der Waals surface area (Å²) in [5.41, 5.74) is 6.44. The van der Waals surface area contributed by atoms with E-state index in [4.69, 9.17) is 4.74 Å². The average Bonchev–Trinajstić information content (AvgIpc) is 3.18. The molecule has 0 heterocycles. The van der Waals surface area contributed by atoms with E-state index in [0.717, 1.165) is 42.5 Å². The number of carbonyl (C=O) groups excluding carboxylic acids is 1. The van der Waals surface area contributed by atoms with Gasteiger partial charge in [0.15, 0.2) is 6.10 Å². The first-order valence-electron chi connectivity index (χ1n) is 10.9. The molecule has 1 N–H and O–H groups in total. The van der Waals surface area contributed by atoms with Crippen molar-refractivity contribution < 1.29 is 9.53 Å². The number of aryl methyl sites for hydroxylation is 4. The molecule has 29 heavy (non-hydrogen) atoms. The zero-order valence-corrected chi connectivity index (χ0v) is 17.0. The second-order valence-corrected chi connectivity index (χ2v) is 8.25. The van der Waals surface area contributed by atoms with Gasteiger partial charge in [-0.3, -0.25) is 4.79 Å². The van der Waals surface area contributed by atoms with Gasteiger partial charge in [-0.2, -0.15) is 0 Å². The normalized spacial score (nSPS) is 15.8. The maximum atomic E-state index is 13.0. The molecule has 3 nitrogen and oxygen atoms in total. The van der Waals surface area contributed by atoms with Crippen LogP contribution in [0.25, 0.3) is 10.8 Å². The molecule has 0 bridgehead atoms. The molecule has 0 aliphatic heterocycles. The summed E-state index contributed by atoms with van der Waals surface area (Å²) in [6.45, 7) is 2.00. The number of hydrogen-bond donors (Lipinski definition) is 1.